The topological polar surface area (TPSA) is 9.86 Å². The van der Waals surface area contributed by atoms with E-state index >= 15 is 0 Å². The van der Waals surface area contributed by atoms with Crippen LogP contribution >= 0.6 is 11.3 Å². The van der Waals surface area contributed by atoms with Gasteiger partial charge in [0, 0.05) is 47.4 Å². The molecular weight excluding hydrogens is 637 g/mol. The largest absolute Gasteiger partial charge is 0.309 e. The Morgan fingerprint density at radius 2 is 0.843 bits per heavy atom. The molecule has 0 unspecified atom stereocenters. The summed E-state index contributed by atoms with van der Waals surface area (Å²) in [4.78, 5) is 0. The maximum Gasteiger partial charge on any atom is 0.0555 e. The first-order valence-electron chi connectivity index (χ1n) is 17.4. The van der Waals surface area contributed by atoms with Crippen molar-refractivity contribution >= 4 is 75.1 Å². The van der Waals surface area contributed by atoms with E-state index in [0.29, 0.717) is 0 Å². The smallest absolute Gasteiger partial charge is 0.0555 e. The summed E-state index contributed by atoms with van der Waals surface area (Å²) in [5.41, 5.74) is 12.1. The Bertz CT molecular complexity index is 3120. The summed E-state index contributed by atoms with van der Waals surface area (Å²) in [5, 5.41) is 7.65. The van der Waals surface area contributed by atoms with Crippen molar-refractivity contribution < 1.29 is 0 Å². The lowest BCUT2D eigenvalue weighted by molar-refractivity contribution is 1.18. The molecule has 0 bridgehead atoms. The lowest BCUT2D eigenvalue weighted by Gasteiger charge is -2.12. The molecule has 3 heterocycles. The summed E-state index contributed by atoms with van der Waals surface area (Å²) in [6.07, 6.45) is 0. The van der Waals surface area contributed by atoms with Crippen LogP contribution in [0.25, 0.3) is 97.4 Å². The molecule has 0 fully saturated rings. The normalized spacial score (nSPS) is 11.9. The number of aromatic nitrogens is 2. The van der Waals surface area contributed by atoms with E-state index in [0.717, 1.165) is 5.69 Å². The van der Waals surface area contributed by atoms with Crippen LogP contribution in [-0.2, 0) is 0 Å². The molecule has 0 saturated carbocycles. The zero-order chi connectivity index (χ0) is 33.5. The van der Waals surface area contributed by atoms with Crippen LogP contribution in [0.15, 0.2) is 182 Å². The van der Waals surface area contributed by atoms with Crippen molar-refractivity contribution in [3.8, 4) is 33.6 Å². The zero-order valence-corrected chi connectivity index (χ0v) is 28.4. The van der Waals surface area contributed by atoms with Gasteiger partial charge >= 0.3 is 0 Å². The van der Waals surface area contributed by atoms with Crippen molar-refractivity contribution in [2.75, 3.05) is 0 Å². The van der Waals surface area contributed by atoms with Gasteiger partial charge in [-0.1, -0.05) is 127 Å². The highest BCUT2D eigenvalue weighted by atomic mass is 32.1. The van der Waals surface area contributed by atoms with E-state index < -0.39 is 0 Å². The van der Waals surface area contributed by atoms with Crippen molar-refractivity contribution in [1.29, 1.82) is 0 Å². The number of para-hydroxylation sites is 2. The Kier molecular flexibility index (Phi) is 6.16. The molecule has 0 atom stereocenters. The number of fused-ring (bicyclic) bond motifs is 9. The van der Waals surface area contributed by atoms with Crippen LogP contribution in [0.5, 0.6) is 0 Å². The predicted molar refractivity (Wildman–Crippen MR) is 219 cm³/mol. The summed E-state index contributed by atoms with van der Waals surface area (Å²) < 4.78 is 7.58. The molecule has 0 aliphatic heterocycles. The predicted octanol–water partition coefficient (Wildman–Crippen LogP) is 13.6. The minimum absolute atomic E-state index is 1.16. The number of rotatable bonds is 4. The molecular formula is C48H30N2S. The highest BCUT2D eigenvalue weighted by Crippen LogP contribution is 2.43. The van der Waals surface area contributed by atoms with Crippen LogP contribution in [-0.4, -0.2) is 9.13 Å². The average Bonchev–Trinajstić information content (AvgIpc) is 3.85. The molecule has 11 rings (SSSR count). The molecule has 0 aliphatic carbocycles. The molecule has 11 aromatic rings. The van der Waals surface area contributed by atoms with Gasteiger partial charge in [0.1, 0.15) is 0 Å². The molecule has 0 saturated heterocycles. The van der Waals surface area contributed by atoms with Crippen LogP contribution in [0.3, 0.4) is 0 Å². The second-order valence-corrected chi connectivity index (χ2v) is 14.4. The van der Waals surface area contributed by atoms with E-state index in [1.807, 2.05) is 11.3 Å². The van der Waals surface area contributed by atoms with Gasteiger partial charge in [-0.2, -0.15) is 0 Å². The van der Waals surface area contributed by atoms with Gasteiger partial charge in [0.05, 0.1) is 27.8 Å². The highest BCUT2D eigenvalue weighted by molar-refractivity contribution is 7.25. The summed E-state index contributed by atoms with van der Waals surface area (Å²) in [5.74, 6) is 0. The van der Waals surface area contributed by atoms with Gasteiger partial charge in [0.2, 0.25) is 0 Å². The third kappa shape index (κ3) is 4.29. The third-order valence-electron chi connectivity index (χ3n) is 10.5. The molecule has 0 spiro atoms. The van der Waals surface area contributed by atoms with E-state index in [1.165, 1.54) is 91.7 Å². The van der Waals surface area contributed by atoms with Crippen molar-refractivity contribution in [3.05, 3.63) is 182 Å². The van der Waals surface area contributed by atoms with Gasteiger partial charge in [-0.15, -0.1) is 11.3 Å². The fourth-order valence-corrected chi connectivity index (χ4v) is 9.35. The summed E-state index contributed by atoms with van der Waals surface area (Å²) in [6, 6.07) is 66.6. The van der Waals surface area contributed by atoms with Crippen LogP contribution in [0, 0.1) is 0 Å². The fourth-order valence-electron chi connectivity index (χ4n) is 8.22. The van der Waals surface area contributed by atoms with Gasteiger partial charge in [-0.05, 0) is 76.9 Å². The van der Waals surface area contributed by atoms with Crippen molar-refractivity contribution in [2.45, 2.75) is 0 Å². The van der Waals surface area contributed by atoms with Crippen LogP contribution in [0.1, 0.15) is 0 Å². The third-order valence-corrected chi connectivity index (χ3v) is 11.7. The molecule has 2 nitrogen and oxygen atoms in total. The Labute approximate surface area is 298 Å². The lowest BCUT2D eigenvalue weighted by atomic mass is 10.00. The minimum Gasteiger partial charge on any atom is -0.309 e. The summed E-state index contributed by atoms with van der Waals surface area (Å²) in [6.45, 7) is 0. The van der Waals surface area contributed by atoms with E-state index in [4.69, 9.17) is 0 Å². The first kappa shape index (κ1) is 28.4. The van der Waals surface area contributed by atoms with E-state index in [1.54, 1.807) is 0 Å². The van der Waals surface area contributed by atoms with Gasteiger partial charge < -0.3 is 9.13 Å². The van der Waals surface area contributed by atoms with Crippen LogP contribution in [0.4, 0.5) is 0 Å². The molecule has 3 heteroatoms. The van der Waals surface area contributed by atoms with Crippen molar-refractivity contribution in [1.82, 2.24) is 9.13 Å². The minimum atomic E-state index is 1.16. The van der Waals surface area contributed by atoms with E-state index in [2.05, 4.69) is 191 Å². The molecule has 8 aromatic carbocycles. The van der Waals surface area contributed by atoms with Crippen molar-refractivity contribution in [2.24, 2.45) is 0 Å². The number of nitrogens with zero attached hydrogens (tertiary/aromatic N) is 2. The molecule has 51 heavy (non-hydrogen) atoms. The second kappa shape index (κ2) is 11.0. The first-order chi connectivity index (χ1) is 25.3. The maximum atomic E-state index is 2.50. The van der Waals surface area contributed by atoms with Gasteiger partial charge in [-0.25, -0.2) is 0 Å². The molecule has 0 N–H and O–H groups in total. The number of thiophene rings is 1. The first-order valence-corrected chi connectivity index (χ1v) is 18.3. The lowest BCUT2D eigenvalue weighted by Crippen LogP contribution is -1.95. The van der Waals surface area contributed by atoms with Crippen LogP contribution in [0.2, 0.25) is 0 Å². The molecule has 3 aromatic heterocycles. The van der Waals surface area contributed by atoms with E-state index in [-0.39, 0.29) is 0 Å². The summed E-state index contributed by atoms with van der Waals surface area (Å²) in [7, 11) is 0. The highest BCUT2D eigenvalue weighted by Gasteiger charge is 2.20. The molecule has 0 aliphatic rings. The standard InChI is InChI=1S/C48H30N2S/c1-2-12-31(13-3-1)32-24-26-33(27-25-32)34-14-10-15-35(28-34)49-41-19-7-4-16-36(41)39-30-45-40(29-44(39)49)37-17-5-8-20-42(37)50(45)43-21-11-23-47-48(43)38-18-6-9-22-46(38)51-47/h1-30H. The monoisotopic (exact) mass is 666 g/mol. The van der Waals surface area contributed by atoms with Crippen molar-refractivity contribution in [3.63, 3.8) is 0 Å². The van der Waals surface area contributed by atoms with Gasteiger partial charge in [-0.3, -0.25) is 0 Å². The number of hydrogen-bond acceptors (Lipinski definition) is 1. The Morgan fingerprint density at radius 3 is 1.59 bits per heavy atom. The van der Waals surface area contributed by atoms with E-state index in [9.17, 15) is 0 Å². The fraction of sp³-hybridized carbons (Fsp3) is 0. The van der Waals surface area contributed by atoms with Crippen LogP contribution < -0.4 is 0 Å². The molecule has 0 radical (unpaired) electrons. The maximum absolute atomic E-state index is 2.50. The quantitative estimate of drug-likeness (QED) is 0.177. The second-order valence-electron chi connectivity index (χ2n) is 13.3. The summed E-state index contributed by atoms with van der Waals surface area (Å²) >= 11 is 1.87. The molecule has 0 amide bonds. The number of hydrogen-bond donors (Lipinski definition) is 0. The van der Waals surface area contributed by atoms with Gasteiger partial charge in [0.15, 0.2) is 0 Å². The SMILES string of the molecule is c1ccc(-c2ccc(-c3cccc(-n4c5ccccc5c5cc6c(cc54)c4ccccc4n6-c4cccc5sc6ccccc6c45)c3)cc2)cc1. The average molecular weight is 667 g/mol. The zero-order valence-electron chi connectivity index (χ0n) is 27.6. The Balaban J connectivity index is 1.15. The number of benzene rings is 8. The Morgan fingerprint density at radius 1 is 0.314 bits per heavy atom. The Hall–Kier alpha value is -6.42. The van der Waals surface area contributed by atoms with Gasteiger partial charge in [0.25, 0.3) is 0 Å². The molecule has 238 valence electrons.